The summed E-state index contributed by atoms with van der Waals surface area (Å²) in [4.78, 5) is 0. The Labute approximate surface area is 91.7 Å². The highest BCUT2D eigenvalue weighted by Gasteiger charge is 2.14. The summed E-state index contributed by atoms with van der Waals surface area (Å²) in [6, 6.07) is 9.28. The normalized spacial score (nSPS) is 9.93. The molecular weight excluding hydrogens is 212 g/mol. The van der Waals surface area contributed by atoms with Gasteiger partial charge in [0.05, 0.1) is 5.02 Å². The highest BCUT2D eigenvalue weighted by molar-refractivity contribution is 6.33. The van der Waals surface area contributed by atoms with Crippen molar-refractivity contribution >= 4 is 11.6 Å². The minimum atomic E-state index is 0.283. The summed E-state index contributed by atoms with van der Waals surface area (Å²) in [6.07, 6.45) is 0. The number of aromatic nitrogens is 3. The van der Waals surface area contributed by atoms with Gasteiger partial charge in [0.2, 0.25) is 0 Å². The molecule has 5 heteroatoms. The maximum Gasteiger partial charge on any atom is 0.190 e. The number of benzene rings is 1. The van der Waals surface area contributed by atoms with E-state index in [2.05, 4.69) is 10.3 Å². The number of rotatable bonds is 1. The van der Waals surface area contributed by atoms with Crippen molar-refractivity contribution in [2.75, 3.05) is 0 Å². The highest BCUT2D eigenvalue weighted by atomic mass is 35.5. The molecule has 0 saturated heterocycles. The fourth-order valence-electron chi connectivity index (χ4n) is 1.39. The summed E-state index contributed by atoms with van der Waals surface area (Å²) in [5.74, 6) is 0. The second-order valence-electron chi connectivity index (χ2n) is 3.00. The van der Waals surface area contributed by atoms with E-state index >= 15 is 0 Å². The maximum absolute atomic E-state index is 8.88. The third kappa shape index (κ3) is 1.58. The van der Waals surface area contributed by atoms with Gasteiger partial charge >= 0.3 is 0 Å². The summed E-state index contributed by atoms with van der Waals surface area (Å²) in [6.45, 7) is 0. The second-order valence-corrected chi connectivity index (χ2v) is 3.41. The van der Waals surface area contributed by atoms with Gasteiger partial charge in [-0.1, -0.05) is 35.0 Å². The number of hydrogen-bond acceptors (Lipinski definition) is 3. The van der Waals surface area contributed by atoms with Crippen molar-refractivity contribution in [2.24, 2.45) is 7.05 Å². The van der Waals surface area contributed by atoms with Crippen LogP contribution in [0.1, 0.15) is 5.69 Å². The zero-order chi connectivity index (χ0) is 10.8. The van der Waals surface area contributed by atoms with Gasteiger partial charge in [-0.25, -0.2) is 4.68 Å². The van der Waals surface area contributed by atoms with Crippen LogP contribution in [0.15, 0.2) is 24.3 Å². The zero-order valence-electron chi connectivity index (χ0n) is 7.98. The Morgan fingerprint density at radius 2 is 2.13 bits per heavy atom. The van der Waals surface area contributed by atoms with Crippen molar-refractivity contribution in [1.29, 1.82) is 5.26 Å². The van der Waals surface area contributed by atoms with E-state index in [0.29, 0.717) is 10.7 Å². The lowest BCUT2D eigenvalue weighted by molar-refractivity contribution is 0.720. The number of nitriles is 1. The van der Waals surface area contributed by atoms with Crippen molar-refractivity contribution in [3.8, 4) is 17.3 Å². The summed E-state index contributed by atoms with van der Waals surface area (Å²) in [5, 5.41) is 17.0. The first kappa shape index (κ1) is 9.69. The Bertz CT molecular complexity index is 539. The van der Waals surface area contributed by atoms with Gasteiger partial charge in [0.1, 0.15) is 11.8 Å². The minimum absolute atomic E-state index is 0.283. The SMILES string of the molecule is Cn1nnc(C#N)c1-c1ccccc1Cl. The van der Waals surface area contributed by atoms with Gasteiger partial charge in [-0.2, -0.15) is 5.26 Å². The molecule has 0 fully saturated rings. The van der Waals surface area contributed by atoms with E-state index in [1.165, 1.54) is 0 Å². The van der Waals surface area contributed by atoms with E-state index in [9.17, 15) is 0 Å². The molecular formula is C10H7ClN4. The van der Waals surface area contributed by atoms with E-state index in [0.717, 1.165) is 5.56 Å². The van der Waals surface area contributed by atoms with Crippen LogP contribution in [0.25, 0.3) is 11.3 Å². The zero-order valence-corrected chi connectivity index (χ0v) is 8.73. The maximum atomic E-state index is 8.88. The molecule has 0 unspecified atom stereocenters. The smallest absolute Gasteiger partial charge is 0.190 e. The molecule has 15 heavy (non-hydrogen) atoms. The molecule has 0 bridgehead atoms. The lowest BCUT2D eigenvalue weighted by Gasteiger charge is -2.03. The molecule has 1 heterocycles. The quantitative estimate of drug-likeness (QED) is 0.736. The molecule has 0 aliphatic carbocycles. The predicted octanol–water partition coefficient (Wildman–Crippen LogP) is 2.01. The van der Waals surface area contributed by atoms with E-state index in [4.69, 9.17) is 16.9 Å². The average Bonchev–Trinajstić information content (AvgIpc) is 2.60. The predicted molar refractivity (Wildman–Crippen MR) is 56.2 cm³/mol. The Morgan fingerprint density at radius 1 is 1.40 bits per heavy atom. The van der Waals surface area contributed by atoms with Crippen molar-refractivity contribution in [1.82, 2.24) is 15.0 Å². The van der Waals surface area contributed by atoms with Gasteiger partial charge < -0.3 is 0 Å². The summed E-state index contributed by atoms with van der Waals surface area (Å²) in [5.41, 5.74) is 1.69. The van der Waals surface area contributed by atoms with E-state index in [1.54, 1.807) is 17.8 Å². The van der Waals surface area contributed by atoms with Crippen LogP contribution in [0.2, 0.25) is 5.02 Å². The van der Waals surface area contributed by atoms with E-state index in [1.807, 2.05) is 24.3 Å². The van der Waals surface area contributed by atoms with E-state index < -0.39 is 0 Å². The van der Waals surface area contributed by atoms with Crippen LogP contribution < -0.4 is 0 Å². The molecule has 4 nitrogen and oxygen atoms in total. The third-order valence-electron chi connectivity index (χ3n) is 2.06. The molecule has 0 spiro atoms. The molecule has 0 radical (unpaired) electrons. The van der Waals surface area contributed by atoms with Crippen LogP contribution in [-0.4, -0.2) is 15.0 Å². The average molecular weight is 219 g/mol. The molecule has 0 aliphatic rings. The summed E-state index contributed by atoms with van der Waals surface area (Å²) >= 11 is 6.04. The van der Waals surface area contributed by atoms with Crippen molar-refractivity contribution in [3.63, 3.8) is 0 Å². The first-order chi connectivity index (χ1) is 7.24. The van der Waals surface area contributed by atoms with Crippen molar-refractivity contribution in [2.45, 2.75) is 0 Å². The minimum Gasteiger partial charge on any atom is -0.246 e. The molecule has 2 rings (SSSR count). The van der Waals surface area contributed by atoms with Gasteiger partial charge in [-0.3, -0.25) is 0 Å². The molecule has 1 aromatic heterocycles. The lowest BCUT2D eigenvalue weighted by atomic mass is 10.1. The second kappa shape index (κ2) is 3.71. The number of aryl methyl sites for hydroxylation is 1. The van der Waals surface area contributed by atoms with Gasteiger partial charge in [-0.05, 0) is 6.07 Å². The monoisotopic (exact) mass is 218 g/mol. The molecule has 0 atom stereocenters. The third-order valence-corrected chi connectivity index (χ3v) is 2.39. The first-order valence-electron chi connectivity index (χ1n) is 4.28. The molecule has 0 aliphatic heterocycles. The number of nitrogens with zero attached hydrogens (tertiary/aromatic N) is 4. The van der Waals surface area contributed by atoms with Crippen molar-refractivity contribution < 1.29 is 0 Å². The molecule has 2 aromatic rings. The number of hydrogen-bond donors (Lipinski definition) is 0. The molecule has 0 amide bonds. The van der Waals surface area contributed by atoms with Gasteiger partial charge in [-0.15, -0.1) is 5.10 Å². The Morgan fingerprint density at radius 3 is 2.80 bits per heavy atom. The van der Waals surface area contributed by atoms with Gasteiger partial charge in [0, 0.05) is 12.6 Å². The lowest BCUT2D eigenvalue weighted by Crippen LogP contribution is -1.95. The Balaban J connectivity index is 2.70. The van der Waals surface area contributed by atoms with Crippen LogP contribution >= 0.6 is 11.6 Å². The van der Waals surface area contributed by atoms with Crippen LogP contribution in [0.4, 0.5) is 0 Å². The van der Waals surface area contributed by atoms with Gasteiger partial charge in [0.15, 0.2) is 5.69 Å². The number of halogens is 1. The molecule has 0 saturated carbocycles. The highest BCUT2D eigenvalue weighted by Crippen LogP contribution is 2.28. The molecule has 74 valence electrons. The molecule has 0 N–H and O–H groups in total. The topological polar surface area (TPSA) is 54.5 Å². The fraction of sp³-hybridized carbons (Fsp3) is 0.100. The van der Waals surface area contributed by atoms with Crippen molar-refractivity contribution in [3.05, 3.63) is 35.0 Å². The van der Waals surface area contributed by atoms with E-state index in [-0.39, 0.29) is 5.69 Å². The van der Waals surface area contributed by atoms with Crippen LogP contribution in [0, 0.1) is 11.3 Å². The summed E-state index contributed by atoms with van der Waals surface area (Å²) in [7, 11) is 1.73. The standard InChI is InChI=1S/C10H7ClN4/c1-15-10(9(6-12)13-14-15)7-4-2-3-5-8(7)11/h2-5H,1H3. The fourth-order valence-corrected chi connectivity index (χ4v) is 1.61. The molecule has 1 aromatic carbocycles. The van der Waals surface area contributed by atoms with Gasteiger partial charge in [0.25, 0.3) is 0 Å². The largest absolute Gasteiger partial charge is 0.246 e. The Kier molecular flexibility index (Phi) is 2.40. The Hall–Kier alpha value is -1.86. The van der Waals surface area contributed by atoms with Crippen LogP contribution in [0.3, 0.4) is 0 Å². The summed E-state index contributed by atoms with van der Waals surface area (Å²) < 4.78 is 1.54. The first-order valence-corrected chi connectivity index (χ1v) is 4.66. The van der Waals surface area contributed by atoms with Crippen LogP contribution in [-0.2, 0) is 7.05 Å². The van der Waals surface area contributed by atoms with Crippen LogP contribution in [0.5, 0.6) is 0 Å².